The van der Waals surface area contributed by atoms with Crippen LogP contribution in [0.3, 0.4) is 0 Å². The van der Waals surface area contributed by atoms with Crippen LogP contribution in [0.15, 0.2) is 73.1 Å². The summed E-state index contributed by atoms with van der Waals surface area (Å²) in [5.74, 6) is -0.545. The first-order chi connectivity index (χ1) is 21.3. The van der Waals surface area contributed by atoms with Crippen LogP contribution in [0.25, 0.3) is 10.9 Å². The summed E-state index contributed by atoms with van der Waals surface area (Å²) in [4.78, 5) is 6.65. The highest BCUT2D eigenvalue weighted by Crippen LogP contribution is 2.37. The lowest BCUT2D eigenvalue weighted by Crippen LogP contribution is -2.44. The number of likely N-dealkylation sites (N-methyl/N-ethyl adjacent to an activating group) is 1. The van der Waals surface area contributed by atoms with E-state index in [9.17, 15) is 14.8 Å². The second-order valence-corrected chi connectivity index (χ2v) is 11.5. The van der Waals surface area contributed by atoms with Gasteiger partial charge in [-0.2, -0.15) is 5.26 Å². The van der Waals surface area contributed by atoms with Crippen molar-refractivity contribution in [2.45, 2.75) is 31.5 Å². The molecule has 0 bridgehead atoms. The van der Waals surface area contributed by atoms with Gasteiger partial charge in [-0.3, -0.25) is 4.98 Å². The number of nitrogens with zero attached hydrogens (tertiary/aromatic N) is 6. The molecule has 1 unspecified atom stereocenters. The molecule has 0 aliphatic carbocycles. The van der Waals surface area contributed by atoms with Crippen LogP contribution < -0.4 is 10.6 Å². The van der Waals surface area contributed by atoms with Crippen molar-refractivity contribution < 1.29 is 9.50 Å². The van der Waals surface area contributed by atoms with E-state index in [-0.39, 0.29) is 16.6 Å². The van der Waals surface area contributed by atoms with E-state index in [0.29, 0.717) is 45.2 Å². The number of likely N-dealkylation sites (tertiary alicyclic amines) is 1. The predicted octanol–water partition coefficient (Wildman–Crippen LogP) is 6.72. The maximum absolute atomic E-state index is 13.8. The van der Waals surface area contributed by atoms with Crippen LogP contribution in [-0.4, -0.2) is 55.7 Å². The number of nitriles is 1. The molecule has 6 rings (SSSR count). The van der Waals surface area contributed by atoms with Crippen LogP contribution in [0, 0.1) is 17.1 Å². The predicted molar refractivity (Wildman–Crippen MR) is 170 cm³/mol. The van der Waals surface area contributed by atoms with E-state index >= 15 is 0 Å². The summed E-state index contributed by atoms with van der Waals surface area (Å²) in [6, 6.07) is 19.3. The van der Waals surface area contributed by atoms with Crippen molar-refractivity contribution in [1.82, 2.24) is 24.9 Å². The van der Waals surface area contributed by atoms with Crippen molar-refractivity contribution in [3.63, 3.8) is 0 Å². The zero-order valence-corrected chi connectivity index (χ0v) is 25.3. The third kappa shape index (κ3) is 6.05. The normalized spacial score (nSPS) is 17.7. The minimum absolute atomic E-state index is 0.0468. The van der Waals surface area contributed by atoms with E-state index < -0.39 is 18.0 Å². The minimum Gasteiger partial charge on any atom is -0.390 e. The molecule has 0 amide bonds. The van der Waals surface area contributed by atoms with E-state index in [4.69, 9.17) is 23.2 Å². The second kappa shape index (κ2) is 12.8. The summed E-state index contributed by atoms with van der Waals surface area (Å²) in [6.07, 6.45) is 3.54. The van der Waals surface area contributed by atoms with E-state index in [1.807, 2.05) is 42.6 Å². The summed E-state index contributed by atoms with van der Waals surface area (Å²) >= 11 is 12.8. The molecule has 1 saturated heterocycles. The van der Waals surface area contributed by atoms with Crippen LogP contribution >= 0.6 is 23.2 Å². The summed E-state index contributed by atoms with van der Waals surface area (Å²) < 4.78 is 15.6. The Morgan fingerprint density at radius 3 is 2.64 bits per heavy atom. The summed E-state index contributed by atoms with van der Waals surface area (Å²) in [6.45, 7) is 4.44. The van der Waals surface area contributed by atoms with Gasteiger partial charge in [0, 0.05) is 36.0 Å². The molecule has 1 aliphatic heterocycles. The topological polar surface area (TPSA) is 115 Å². The highest BCUT2D eigenvalue weighted by molar-refractivity contribution is 6.36. The van der Waals surface area contributed by atoms with Gasteiger partial charge in [-0.05, 0) is 48.9 Å². The number of anilines is 3. The first-order valence-corrected chi connectivity index (χ1v) is 15.0. The fraction of sp³-hybridized carbons (Fsp3) is 0.250. The average molecular weight is 632 g/mol. The summed E-state index contributed by atoms with van der Waals surface area (Å²) in [7, 11) is 0. The van der Waals surface area contributed by atoms with Gasteiger partial charge in [0.2, 0.25) is 0 Å². The third-order valence-electron chi connectivity index (χ3n) is 7.92. The molecule has 9 nitrogen and oxygen atoms in total. The largest absolute Gasteiger partial charge is 0.390 e. The SMILES string of the molecule is CCN1CC[C@@H](n2cc(C(Nc3cc(Cl)c4ncc(C#N)c(Nc5ccc(F)c(Cl)c5)c4c3)c3ccccc3)nn2)[C@H](O)C1. The molecule has 0 radical (unpaired) electrons. The number of nitrogens with one attached hydrogen (secondary N) is 2. The van der Waals surface area contributed by atoms with Gasteiger partial charge in [0.15, 0.2) is 0 Å². The lowest BCUT2D eigenvalue weighted by molar-refractivity contribution is 0.0242. The quantitative estimate of drug-likeness (QED) is 0.173. The van der Waals surface area contributed by atoms with Crippen LogP contribution in [0.2, 0.25) is 10.0 Å². The monoisotopic (exact) mass is 630 g/mol. The number of benzene rings is 3. The van der Waals surface area contributed by atoms with Crippen LogP contribution in [0.5, 0.6) is 0 Å². The number of β-amino-alcohol motifs (C(OH)–C–C–N with tert-alkyl or cyclic N) is 1. The fourth-order valence-electron chi connectivity index (χ4n) is 5.59. The number of pyridine rings is 1. The van der Waals surface area contributed by atoms with E-state index in [2.05, 4.69) is 43.8 Å². The molecule has 3 N–H and O–H groups in total. The highest BCUT2D eigenvalue weighted by atomic mass is 35.5. The zero-order chi connectivity index (χ0) is 30.8. The Morgan fingerprint density at radius 2 is 1.91 bits per heavy atom. The number of piperidine rings is 1. The number of hydrogen-bond donors (Lipinski definition) is 3. The molecule has 3 heterocycles. The van der Waals surface area contributed by atoms with E-state index in [1.165, 1.54) is 24.4 Å². The van der Waals surface area contributed by atoms with Crippen molar-refractivity contribution in [3.05, 3.63) is 106 Å². The number of fused-ring (bicyclic) bond motifs is 1. The fourth-order valence-corrected chi connectivity index (χ4v) is 6.03. The first-order valence-electron chi connectivity index (χ1n) is 14.2. The number of aliphatic hydroxyl groups is 1. The molecule has 3 atom stereocenters. The highest BCUT2D eigenvalue weighted by Gasteiger charge is 2.30. The van der Waals surface area contributed by atoms with Gasteiger partial charge < -0.3 is 20.6 Å². The number of aromatic nitrogens is 4. The average Bonchev–Trinajstić information content (AvgIpc) is 3.52. The molecule has 224 valence electrons. The molecule has 0 spiro atoms. The molecule has 0 saturated carbocycles. The summed E-state index contributed by atoms with van der Waals surface area (Å²) in [5.41, 5.74) is 3.99. The molecule has 3 aromatic carbocycles. The lowest BCUT2D eigenvalue weighted by atomic mass is 10.0. The van der Waals surface area contributed by atoms with Crippen molar-refractivity contribution >= 4 is 51.2 Å². The minimum atomic E-state index is -0.551. The Bertz CT molecular complexity index is 1840. The third-order valence-corrected chi connectivity index (χ3v) is 8.50. The number of hydrogen-bond acceptors (Lipinski definition) is 8. The van der Waals surface area contributed by atoms with Gasteiger partial charge in [0.1, 0.15) is 17.6 Å². The summed E-state index contributed by atoms with van der Waals surface area (Å²) in [5, 5.41) is 37.3. The lowest BCUT2D eigenvalue weighted by Gasteiger charge is -2.35. The standard InChI is InChI=1S/C32H29Cl2FN8O/c1-2-42-11-10-28(29(44)18-42)43-17-27(40-41-43)31(19-6-4-3-5-7-19)39-22-12-23-30(38-21-8-9-26(35)24(33)13-21)20(15-36)16-37-32(23)25(34)14-22/h3-9,12-14,16-17,28-29,31,39,44H,2,10-11,18H2,1H3,(H,37,38)/t28-,29-,31?/m1/s1. The van der Waals surface area contributed by atoms with E-state index in [1.54, 1.807) is 10.7 Å². The second-order valence-electron chi connectivity index (χ2n) is 10.7. The van der Waals surface area contributed by atoms with Gasteiger partial charge >= 0.3 is 0 Å². The Hall–Kier alpha value is -4.27. The molecule has 5 aromatic rings. The zero-order valence-electron chi connectivity index (χ0n) is 23.8. The molecular formula is C32H29Cl2FN8O. The van der Waals surface area contributed by atoms with Gasteiger partial charge in [-0.1, -0.05) is 65.7 Å². The molecular weight excluding hydrogens is 602 g/mol. The van der Waals surface area contributed by atoms with Crippen molar-refractivity contribution in [2.24, 2.45) is 0 Å². The van der Waals surface area contributed by atoms with Gasteiger partial charge in [-0.15, -0.1) is 5.10 Å². The molecule has 12 heteroatoms. The smallest absolute Gasteiger partial charge is 0.141 e. The Morgan fingerprint density at radius 1 is 1.11 bits per heavy atom. The molecule has 1 fully saturated rings. The number of aliphatic hydroxyl groups excluding tert-OH is 1. The van der Waals surface area contributed by atoms with Gasteiger partial charge in [0.05, 0.1) is 51.2 Å². The van der Waals surface area contributed by atoms with Crippen molar-refractivity contribution in [2.75, 3.05) is 30.3 Å². The molecule has 1 aliphatic rings. The molecule has 44 heavy (non-hydrogen) atoms. The van der Waals surface area contributed by atoms with Crippen LogP contribution in [-0.2, 0) is 0 Å². The van der Waals surface area contributed by atoms with Gasteiger partial charge in [0.25, 0.3) is 0 Å². The Kier molecular flexibility index (Phi) is 8.64. The number of rotatable bonds is 8. The van der Waals surface area contributed by atoms with Gasteiger partial charge in [-0.25, -0.2) is 9.07 Å². The Labute approximate surface area is 263 Å². The molecule has 2 aromatic heterocycles. The van der Waals surface area contributed by atoms with Crippen LogP contribution in [0.4, 0.5) is 21.5 Å². The van der Waals surface area contributed by atoms with Crippen molar-refractivity contribution in [3.8, 4) is 6.07 Å². The number of halogens is 3. The van der Waals surface area contributed by atoms with Crippen molar-refractivity contribution in [1.29, 1.82) is 5.26 Å². The maximum atomic E-state index is 13.8. The van der Waals surface area contributed by atoms with E-state index in [0.717, 1.165) is 25.1 Å². The first kappa shape index (κ1) is 29.8. The Balaban J connectivity index is 1.38. The van der Waals surface area contributed by atoms with Crippen LogP contribution in [0.1, 0.15) is 42.2 Å². The maximum Gasteiger partial charge on any atom is 0.141 e.